The van der Waals surface area contributed by atoms with Crippen molar-refractivity contribution in [2.75, 3.05) is 0 Å². The van der Waals surface area contributed by atoms with Gasteiger partial charge in [-0.15, -0.1) is 0 Å². The fraction of sp³-hybridized carbons (Fsp3) is 0.0851. The van der Waals surface area contributed by atoms with E-state index in [1.54, 1.807) is 0 Å². The van der Waals surface area contributed by atoms with Crippen LogP contribution in [-0.4, -0.2) is 9.55 Å². The van der Waals surface area contributed by atoms with Gasteiger partial charge in [-0.25, -0.2) is 4.98 Å². The smallest absolute Gasteiger partial charge is 0.145 e. The first-order valence-corrected chi connectivity index (χ1v) is 17.2. The van der Waals surface area contributed by atoms with Gasteiger partial charge in [-0.05, 0) is 110 Å². The SMILES string of the molecule is Cc1ccccc1-c1nc2ccccc2n1-c1ccc(-c2c3c(c(-c4ccccc4)c4ccccc24)CC(C)C(c2ccccc2)=C3)cc1. The molecule has 0 radical (unpaired) electrons. The number of imidazole rings is 1. The number of para-hydroxylation sites is 2. The van der Waals surface area contributed by atoms with Crippen molar-refractivity contribution >= 4 is 33.5 Å². The third-order valence-electron chi connectivity index (χ3n) is 10.2. The summed E-state index contributed by atoms with van der Waals surface area (Å²) in [5, 5.41) is 2.58. The average molecular weight is 629 g/mol. The number of rotatable bonds is 5. The maximum absolute atomic E-state index is 5.14. The lowest BCUT2D eigenvalue weighted by Crippen LogP contribution is -2.12. The molecule has 0 saturated heterocycles. The number of benzene rings is 7. The maximum Gasteiger partial charge on any atom is 0.145 e. The summed E-state index contributed by atoms with van der Waals surface area (Å²) in [7, 11) is 0. The molecule has 0 bridgehead atoms. The second kappa shape index (κ2) is 11.9. The van der Waals surface area contributed by atoms with Crippen molar-refractivity contribution in [3.8, 4) is 39.3 Å². The van der Waals surface area contributed by atoms with Crippen LogP contribution in [0.5, 0.6) is 0 Å². The van der Waals surface area contributed by atoms with Gasteiger partial charge in [0.1, 0.15) is 5.82 Å². The standard InChI is InChI=1S/C47H36N2/c1-31-15-9-10-20-37(31)47-48-43-23-13-14-24-44(43)49(47)36-27-25-35(26-28-36)46-39-22-12-11-21-38(39)45(34-18-7-4-8-19-34)41-29-32(2)40(30-42(41)46)33-16-5-3-6-17-33/h3-28,30,32H,29H2,1-2H3. The first kappa shape index (κ1) is 29.2. The molecule has 1 aliphatic rings. The number of hydrogen-bond donors (Lipinski definition) is 0. The summed E-state index contributed by atoms with van der Waals surface area (Å²) < 4.78 is 2.31. The molecular weight excluding hydrogens is 593 g/mol. The van der Waals surface area contributed by atoms with Gasteiger partial charge in [0.05, 0.1) is 11.0 Å². The van der Waals surface area contributed by atoms with Crippen LogP contribution in [-0.2, 0) is 6.42 Å². The topological polar surface area (TPSA) is 17.8 Å². The Hall–Kier alpha value is -5.99. The lowest BCUT2D eigenvalue weighted by Gasteiger charge is -2.29. The minimum absolute atomic E-state index is 0.392. The van der Waals surface area contributed by atoms with Crippen LogP contribution in [0.25, 0.3) is 72.8 Å². The number of hydrogen-bond acceptors (Lipinski definition) is 1. The lowest BCUT2D eigenvalue weighted by molar-refractivity contribution is 0.739. The molecule has 7 aromatic carbocycles. The summed E-state index contributed by atoms with van der Waals surface area (Å²) in [4.78, 5) is 5.14. The fourth-order valence-electron chi connectivity index (χ4n) is 7.91. The van der Waals surface area contributed by atoms with Crippen molar-refractivity contribution in [3.05, 3.63) is 180 Å². The maximum atomic E-state index is 5.14. The van der Waals surface area contributed by atoms with Gasteiger partial charge in [0, 0.05) is 11.3 Å². The molecule has 0 amide bonds. The molecule has 0 saturated carbocycles. The van der Waals surface area contributed by atoms with Crippen molar-refractivity contribution < 1.29 is 0 Å². The minimum Gasteiger partial charge on any atom is -0.292 e. The van der Waals surface area contributed by atoms with Crippen LogP contribution in [0.1, 0.15) is 29.2 Å². The fourth-order valence-corrected chi connectivity index (χ4v) is 7.91. The van der Waals surface area contributed by atoms with E-state index in [0.717, 1.165) is 34.5 Å². The molecule has 9 rings (SSSR count). The highest BCUT2D eigenvalue weighted by Crippen LogP contribution is 2.48. The Balaban J connectivity index is 1.29. The van der Waals surface area contributed by atoms with E-state index < -0.39 is 0 Å². The number of aryl methyl sites for hydroxylation is 1. The quantitative estimate of drug-likeness (QED) is 0.185. The van der Waals surface area contributed by atoms with Gasteiger partial charge in [0.2, 0.25) is 0 Å². The first-order valence-electron chi connectivity index (χ1n) is 17.2. The van der Waals surface area contributed by atoms with Crippen molar-refractivity contribution in [2.24, 2.45) is 5.92 Å². The van der Waals surface area contributed by atoms with Gasteiger partial charge in [0.15, 0.2) is 0 Å². The summed E-state index contributed by atoms with van der Waals surface area (Å²) in [6, 6.07) is 57.0. The molecule has 0 fully saturated rings. The summed E-state index contributed by atoms with van der Waals surface area (Å²) in [6.45, 7) is 4.54. The molecule has 2 nitrogen and oxygen atoms in total. The van der Waals surface area contributed by atoms with Crippen LogP contribution in [0.3, 0.4) is 0 Å². The zero-order valence-electron chi connectivity index (χ0n) is 27.8. The van der Waals surface area contributed by atoms with Crippen molar-refractivity contribution in [3.63, 3.8) is 0 Å². The second-order valence-corrected chi connectivity index (χ2v) is 13.2. The molecule has 1 unspecified atom stereocenters. The molecule has 1 aromatic heterocycles. The highest BCUT2D eigenvalue weighted by Gasteiger charge is 2.27. The van der Waals surface area contributed by atoms with E-state index in [2.05, 4.69) is 182 Å². The minimum atomic E-state index is 0.392. The van der Waals surface area contributed by atoms with E-state index in [0.29, 0.717) is 5.92 Å². The molecule has 2 heteroatoms. The van der Waals surface area contributed by atoms with E-state index in [1.807, 2.05) is 0 Å². The first-order chi connectivity index (χ1) is 24.2. The molecular formula is C47H36N2. The summed E-state index contributed by atoms with van der Waals surface area (Å²) in [5.74, 6) is 1.36. The Kier molecular flexibility index (Phi) is 7.09. The molecule has 1 heterocycles. The van der Waals surface area contributed by atoms with Crippen LogP contribution < -0.4 is 0 Å². The third kappa shape index (κ3) is 4.91. The third-order valence-corrected chi connectivity index (χ3v) is 10.2. The van der Waals surface area contributed by atoms with Crippen LogP contribution in [0.15, 0.2) is 158 Å². The van der Waals surface area contributed by atoms with Gasteiger partial charge in [-0.1, -0.05) is 140 Å². The predicted octanol–water partition coefficient (Wildman–Crippen LogP) is 12.2. The van der Waals surface area contributed by atoms with Crippen LogP contribution in [0.4, 0.5) is 0 Å². The van der Waals surface area contributed by atoms with Crippen LogP contribution in [0.2, 0.25) is 0 Å². The van der Waals surface area contributed by atoms with Gasteiger partial charge in [0.25, 0.3) is 0 Å². The van der Waals surface area contributed by atoms with Gasteiger partial charge in [-0.3, -0.25) is 4.57 Å². The Morgan fingerprint density at radius 2 is 1.16 bits per heavy atom. The Bertz CT molecular complexity index is 2520. The molecule has 0 aliphatic heterocycles. The normalized spacial score (nSPS) is 14.2. The molecule has 0 N–H and O–H groups in total. The van der Waals surface area contributed by atoms with Gasteiger partial charge in [-0.2, -0.15) is 0 Å². The highest BCUT2D eigenvalue weighted by atomic mass is 15.1. The molecule has 0 spiro atoms. The van der Waals surface area contributed by atoms with Crippen LogP contribution in [0, 0.1) is 12.8 Å². The number of nitrogens with zero attached hydrogens (tertiary/aromatic N) is 2. The van der Waals surface area contributed by atoms with E-state index in [4.69, 9.17) is 4.98 Å². The Morgan fingerprint density at radius 3 is 1.90 bits per heavy atom. The molecule has 1 aliphatic carbocycles. The molecule has 1 atom stereocenters. The predicted molar refractivity (Wildman–Crippen MR) is 207 cm³/mol. The zero-order valence-corrected chi connectivity index (χ0v) is 27.8. The summed E-state index contributed by atoms with van der Waals surface area (Å²) >= 11 is 0. The lowest BCUT2D eigenvalue weighted by atomic mass is 9.74. The summed E-state index contributed by atoms with van der Waals surface area (Å²) in [5.41, 5.74) is 16.2. The van der Waals surface area contributed by atoms with Crippen molar-refractivity contribution in [1.29, 1.82) is 0 Å². The van der Waals surface area contributed by atoms with E-state index in [9.17, 15) is 0 Å². The van der Waals surface area contributed by atoms with E-state index >= 15 is 0 Å². The Labute approximate surface area is 287 Å². The molecule has 49 heavy (non-hydrogen) atoms. The molecule has 8 aromatic rings. The van der Waals surface area contributed by atoms with Gasteiger partial charge < -0.3 is 0 Å². The van der Waals surface area contributed by atoms with Crippen molar-refractivity contribution in [1.82, 2.24) is 9.55 Å². The number of fused-ring (bicyclic) bond motifs is 3. The van der Waals surface area contributed by atoms with Gasteiger partial charge >= 0.3 is 0 Å². The van der Waals surface area contributed by atoms with Crippen molar-refractivity contribution in [2.45, 2.75) is 20.3 Å². The van der Waals surface area contributed by atoms with E-state index in [1.165, 1.54) is 60.9 Å². The number of aromatic nitrogens is 2. The zero-order chi connectivity index (χ0) is 32.9. The largest absolute Gasteiger partial charge is 0.292 e. The average Bonchev–Trinajstić information content (AvgIpc) is 3.54. The van der Waals surface area contributed by atoms with Crippen LogP contribution >= 0.6 is 0 Å². The van der Waals surface area contributed by atoms with E-state index in [-0.39, 0.29) is 0 Å². The summed E-state index contributed by atoms with van der Waals surface area (Å²) in [6.07, 6.45) is 3.47. The Morgan fingerprint density at radius 1 is 0.571 bits per heavy atom. The number of allylic oxidation sites excluding steroid dienone is 1. The molecule has 234 valence electrons. The monoisotopic (exact) mass is 628 g/mol. The second-order valence-electron chi connectivity index (χ2n) is 13.2. The highest BCUT2D eigenvalue weighted by molar-refractivity contribution is 6.11.